The van der Waals surface area contributed by atoms with Crippen LogP contribution in [-0.2, 0) is 11.2 Å². The molecule has 1 saturated heterocycles. The highest BCUT2D eigenvalue weighted by Crippen LogP contribution is 2.19. The van der Waals surface area contributed by atoms with Crippen molar-refractivity contribution in [2.75, 3.05) is 19.7 Å². The van der Waals surface area contributed by atoms with Crippen LogP contribution in [0.1, 0.15) is 17.2 Å². The average molecular weight is 227 g/mol. The van der Waals surface area contributed by atoms with Gasteiger partial charge in [0.25, 0.3) is 0 Å². The zero-order chi connectivity index (χ0) is 11.4. The third kappa shape index (κ3) is 3.00. The monoisotopic (exact) mass is 227 g/mol. The molecule has 1 unspecified atom stereocenters. The number of hydrogen-bond donors (Lipinski definition) is 1. The van der Waals surface area contributed by atoms with Crippen LogP contribution < -0.4 is 5.32 Å². The van der Waals surface area contributed by atoms with Gasteiger partial charge in [0.15, 0.2) is 0 Å². The van der Waals surface area contributed by atoms with Crippen molar-refractivity contribution < 1.29 is 13.5 Å². The Kier molecular flexibility index (Phi) is 3.85. The first-order valence-electron chi connectivity index (χ1n) is 5.45. The highest BCUT2D eigenvalue weighted by atomic mass is 19.3. The first-order valence-corrected chi connectivity index (χ1v) is 5.45. The Hall–Kier alpha value is -1.00. The summed E-state index contributed by atoms with van der Waals surface area (Å²) in [6.07, 6.45) is -2.41. The maximum absolute atomic E-state index is 12.1. The third-order valence-corrected chi connectivity index (χ3v) is 2.67. The number of hydrogen-bond acceptors (Lipinski definition) is 2. The van der Waals surface area contributed by atoms with E-state index in [2.05, 4.69) is 5.32 Å². The predicted octanol–water partition coefficient (Wildman–Crippen LogP) is 2.16. The van der Waals surface area contributed by atoms with Gasteiger partial charge in [0, 0.05) is 19.5 Å². The van der Waals surface area contributed by atoms with E-state index < -0.39 is 6.43 Å². The summed E-state index contributed by atoms with van der Waals surface area (Å²) in [5.41, 5.74) is 1.72. The summed E-state index contributed by atoms with van der Waals surface area (Å²) in [5.74, 6) is 0. The molecule has 1 atom stereocenters. The van der Waals surface area contributed by atoms with Crippen LogP contribution in [0.4, 0.5) is 8.78 Å². The number of nitrogens with one attached hydrogen (secondary N) is 1. The fraction of sp³-hybridized carbons (Fsp3) is 0.500. The van der Waals surface area contributed by atoms with Gasteiger partial charge < -0.3 is 10.1 Å². The molecule has 1 aliphatic heterocycles. The summed E-state index contributed by atoms with van der Waals surface area (Å²) in [6, 6.07) is 7.24. The minimum atomic E-state index is -2.28. The minimum Gasteiger partial charge on any atom is -0.371 e. The van der Waals surface area contributed by atoms with E-state index >= 15 is 0 Å². The molecule has 0 saturated carbocycles. The van der Waals surface area contributed by atoms with E-state index in [1.54, 1.807) is 12.1 Å². The standard InChI is InChI=1S/C12H15F2NO/c13-12(14)7-9-1-3-10(4-2-9)11-8-15-5-6-16-11/h1-4,11-12,15H,5-8H2. The number of ether oxygens (including phenoxy) is 1. The SMILES string of the molecule is FC(F)Cc1ccc(C2CNCCO2)cc1. The molecule has 2 nitrogen and oxygen atoms in total. The van der Waals surface area contributed by atoms with E-state index in [1.165, 1.54) is 0 Å². The van der Waals surface area contributed by atoms with Crippen molar-refractivity contribution in [3.63, 3.8) is 0 Å². The fourth-order valence-electron chi connectivity index (χ4n) is 1.83. The van der Waals surface area contributed by atoms with Gasteiger partial charge in [-0.25, -0.2) is 8.78 Å². The van der Waals surface area contributed by atoms with Gasteiger partial charge in [-0.1, -0.05) is 24.3 Å². The van der Waals surface area contributed by atoms with Gasteiger partial charge in [-0.15, -0.1) is 0 Å². The lowest BCUT2D eigenvalue weighted by atomic mass is 10.0. The Balaban J connectivity index is 2.00. The molecule has 0 amide bonds. The van der Waals surface area contributed by atoms with Gasteiger partial charge in [-0.2, -0.15) is 0 Å². The Morgan fingerprint density at radius 2 is 2.06 bits per heavy atom. The predicted molar refractivity (Wildman–Crippen MR) is 57.7 cm³/mol. The lowest BCUT2D eigenvalue weighted by Gasteiger charge is -2.24. The first-order chi connectivity index (χ1) is 7.75. The molecule has 1 fully saturated rings. The molecule has 4 heteroatoms. The minimum absolute atomic E-state index is 0.0503. The molecule has 1 aromatic carbocycles. The number of halogens is 2. The van der Waals surface area contributed by atoms with Crippen LogP contribution in [0.25, 0.3) is 0 Å². The van der Waals surface area contributed by atoms with Gasteiger partial charge in [0.1, 0.15) is 0 Å². The molecule has 0 bridgehead atoms. The fourth-order valence-corrected chi connectivity index (χ4v) is 1.83. The molecular weight excluding hydrogens is 212 g/mol. The summed E-state index contributed by atoms with van der Waals surface area (Å²) in [6.45, 7) is 2.36. The number of morpholine rings is 1. The van der Waals surface area contributed by atoms with Gasteiger partial charge in [-0.3, -0.25) is 0 Å². The van der Waals surface area contributed by atoms with Crippen molar-refractivity contribution in [3.8, 4) is 0 Å². The Morgan fingerprint density at radius 3 is 2.62 bits per heavy atom. The van der Waals surface area contributed by atoms with Crippen LogP contribution in [0, 0.1) is 0 Å². The second kappa shape index (κ2) is 5.37. The number of benzene rings is 1. The molecular formula is C12H15F2NO. The van der Waals surface area contributed by atoms with E-state index in [1.807, 2.05) is 12.1 Å². The van der Waals surface area contributed by atoms with Crippen molar-refractivity contribution >= 4 is 0 Å². The van der Waals surface area contributed by atoms with Crippen LogP contribution in [0.5, 0.6) is 0 Å². The molecule has 1 heterocycles. The third-order valence-electron chi connectivity index (χ3n) is 2.67. The van der Waals surface area contributed by atoms with E-state index in [0.29, 0.717) is 12.2 Å². The van der Waals surface area contributed by atoms with Gasteiger partial charge in [0.05, 0.1) is 12.7 Å². The van der Waals surface area contributed by atoms with E-state index in [9.17, 15) is 8.78 Å². The lowest BCUT2D eigenvalue weighted by Crippen LogP contribution is -2.33. The normalized spacial score (nSPS) is 21.3. The van der Waals surface area contributed by atoms with Gasteiger partial charge in [-0.05, 0) is 11.1 Å². The Bertz CT molecular complexity index is 320. The summed E-state index contributed by atoms with van der Waals surface area (Å²) < 4.78 is 29.9. The number of alkyl halides is 2. The number of rotatable bonds is 3. The maximum atomic E-state index is 12.1. The van der Waals surface area contributed by atoms with Crippen molar-refractivity contribution in [3.05, 3.63) is 35.4 Å². The zero-order valence-corrected chi connectivity index (χ0v) is 8.96. The summed E-state index contributed by atoms with van der Waals surface area (Å²) in [7, 11) is 0. The maximum Gasteiger partial charge on any atom is 0.242 e. The molecule has 0 radical (unpaired) electrons. The van der Waals surface area contributed by atoms with Crippen LogP contribution in [0.15, 0.2) is 24.3 Å². The molecule has 1 aliphatic rings. The van der Waals surface area contributed by atoms with Crippen LogP contribution in [0.2, 0.25) is 0 Å². The van der Waals surface area contributed by atoms with E-state index in [0.717, 1.165) is 18.7 Å². The molecule has 2 rings (SSSR count). The van der Waals surface area contributed by atoms with Gasteiger partial charge >= 0.3 is 0 Å². The van der Waals surface area contributed by atoms with Crippen molar-refractivity contribution in [2.24, 2.45) is 0 Å². The van der Waals surface area contributed by atoms with E-state index in [-0.39, 0.29) is 12.5 Å². The van der Waals surface area contributed by atoms with Crippen LogP contribution in [-0.4, -0.2) is 26.1 Å². The first kappa shape index (κ1) is 11.5. The van der Waals surface area contributed by atoms with Crippen LogP contribution >= 0.6 is 0 Å². The largest absolute Gasteiger partial charge is 0.371 e. The van der Waals surface area contributed by atoms with E-state index in [4.69, 9.17) is 4.74 Å². The summed E-state index contributed by atoms with van der Waals surface area (Å²) in [5, 5.41) is 3.24. The highest BCUT2D eigenvalue weighted by molar-refractivity contribution is 5.25. The molecule has 16 heavy (non-hydrogen) atoms. The Labute approximate surface area is 93.6 Å². The molecule has 0 spiro atoms. The zero-order valence-electron chi connectivity index (χ0n) is 8.96. The van der Waals surface area contributed by atoms with Crippen molar-refractivity contribution in [1.29, 1.82) is 0 Å². The second-order valence-corrected chi connectivity index (χ2v) is 3.90. The summed E-state index contributed by atoms with van der Waals surface area (Å²) >= 11 is 0. The van der Waals surface area contributed by atoms with Crippen molar-refractivity contribution in [1.82, 2.24) is 5.32 Å². The highest BCUT2D eigenvalue weighted by Gasteiger charge is 2.15. The Morgan fingerprint density at radius 1 is 1.31 bits per heavy atom. The quantitative estimate of drug-likeness (QED) is 0.854. The molecule has 88 valence electrons. The molecule has 1 aromatic rings. The summed E-state index contributed by atoms with van der Waals surface area (Å²) in [4.78, 5) is 0. The molecule has 1 N–H and O–H groups in total. The average Bonchev–Trinajstić information content (AvgIpc) is 2.30. The van der Waals surface area contributed by atoms with Crippen molar-refractivity contribution in [2.45, 2.75) is 19.0 Å². The smallest absolute Gasteiger partial charge is 0.242 e. The lowest BCUT2D eigenvalue weighted by molar-refractivity contribution is 0.0277. The second-order valence-electron chi connectivity index (χ2n) is 3.90. The van der Waals surface area contributed by atoms with Crippen LogP contribution in [0.3, 0.4) is 0 Å². The molecule has 0 aromatic heterocycles. The topological polar surface area (TPSA) is 21.3 Å². The van der Waals surface area contributed by atoms with Gasteiger partial charge in [0.2, 0.25) is 6.43 Å². The molecule has 0 aliphatic carbocycles.